The molecule has 23 heavy (non-hydrogen) atoms. The highest BCUT2D eigenvalue weighted by Gasteiger charge is 2.30. The summed E-state index contributed by atoms with van der Waals surface area (Å²) in [6, 6.07) is 10.9. The molecule has 0 radical (unpaired) electrons. The molecule has 0 spiro atoms. The fourth-order valence-electron chi connectivity index (χ4n) is 2.00. The number of benzene rings is 2. The summed E-state index contributed by atoms with van der Waals surface area (Å²) in [5.41, 5.74) is 5.71. The molecule has 0 aliphatic heterocycles. The zero-order chi connectivity index (χ0) is 17.0. The lowest BCUT2D eigenvalue weighted by Crippen LogP contribution is -2.32. The Morgan fingerprint density at radius 2 is 1.83 bits per heavy atom. The van der Waals surface area contributed by atoms with Gasteiger partial charge in [-0.3, -0.25) is 10.1 Å². The van der Waals surface area contributed by atoms with E-state index in [0.717, 1.165) is 18.2 Å². The number of nitrogens with two attached hydrogens (primary N) is 1. The topological polar surface area (TPSA) is 115 Å². The largest absolute Gasteiger partial charge is 0.323 e. The van der Waals surface area contributed by atoms with Crippen LogP contribution in [0, 0.1) is 15.9 Å². The van der Waals surface area contributed by atoms with Gasteiger partial charge in [0.15, 0.2) is 4.90 Å². The first-order valence-corrected chi connectivity index (χ1v) is 8.04. The summed E-state index contributed by atoms with van der Waals surface area (Å²) in [6.07, 6.45) is 0. The van der Waals surface area contributed by atoms with Gasteiger partial charge >= 0.3 is 0 Å². The molecule has 0 aromatic heterocycles. The van der Waals surface area contributed by atoms with Crippen LogP contribution in [0.4, 0.5) is 10.1 Å². The Hall–Kier alpha value is -2.36. The lowest BCUT2D eigenvalue weighted by Gasteiger charge is -2.13. The maximum atomic E-state index is 13.8. The second-order valence-corrected chi connectivity index (χ2v) is 6.42. The molecule has 0 bridgehead atoms. The van der Waals surface area contributed by atoms with Crippen molar-refractivity contribution in [3.8, 4) is 0 Å². The van der Waals surface area contributed by atoms with E-state index >= 15 is 0 Å². The number of nitro groups is 1. The van der Waals surface area contributed by atoms with Gasteiger partial charge in [-0.1, -0.05) is 36.4 Å². The number of nitrogens with zero attached hydrogens (tertiary/aromatic N) is 1. The van der Waals surface area contributed by atoms with Crippen LogP contribution in [-0.4, -0.2) is 19.9 Å². The molecule has 0 aliphatic rings. The molecule has 0 fully saturated rings. The highest BCUT2D eigenvalue weighted by atomic mass is 32.2. The van der Waals surface area contributed by atoms with E-state index in [2.05, 4.69) is 4.72 Å². The summed E-state index contributed by atoms with van der Waals surface area (Å²) < 4.78 is 40.3. The van der Waals surface area contributed by atoms with E-state index in [4.69, 9.17) is 5.73 Å². The Balaban J connectivity index is 2.25. The molecule has 2 aromatic carbocycles. The number of nitro benzene ring substituents is 1. The van der Waals surface area contributed by atoms with Gasteiger partial charge in [-0.15, -0.1) is 0 Å². The molecule has 9 heteroatoms. The summed E-state index contributed by atoms with van der Waals surface area (Å²) in [7, 11) is -4.42. The van der Waals surface area contributed by atoms with E-state index in [1.165, 1.54) is 0 Å². The van der Waals surface area contributed by atoms with Crippen LogP contribution in [0.1, 0.15) is 11.6 Å². The van der Waals surface area contributed by atoms with Crippen LogP contribution >= 0.6 is 0 Å². The maximum absolute atomic E-state index is 13.8. The molecule has 2 aromatic rings. The first-order valence-electron chi connectivity index (χ1n) is 6.56. The van der Waals surface area contributed by atoms with Crippen LogP contribution in [-0.2, 0) is 10.0 Å². The van der Waals surface area contributed by atoms with E-state index in [-0.39, 0.29) is 6.54 Å². The van der Waals surface area contributed by atoms with Crippen molar-refractivity contribution in [2.45, 2.75) is 10.9 Å². The van der Waals surface area contributed by atoms with E-state index in [1.54, 1.807) is 30.3 Å². The highest BCUT2D eigenvalue weighted by molar-refractivity contribution is 7.89. The van der Waals surface area contributed by atoms with Crippen molar-refractivity contribution >= 4 is 15.7 Å². The minimum atomic E-state index is -4.42. The molecule has 0 amide bonds. The molecule has 2 rings (SSSR count). The third-order valence-electron chi connectivity index (χ3n) is 3.13. The lowest BCUT2D eigenvalue weighted by atomic mass is 10.1. The predicted octanol–water partition coefficient (Wildman–Crippen LogP) is 1.71. The SMILES string of the molecule is N[C@H](CNS(=O)(=O)c1c(F)cccc1[N+](=O)[O-])c1ccccc1. The molecule has 1 atom stereocenters. The van der Waals surface area contributed by atoms with Crippen LogP contribution in [0.2, 0.25) is 0 Å². The van der Waals surface area contributed by atoms with Crippen molar-refractivity contribution in [2.24, 2.45) is 5.73 Å². The number of halogens is 1. The summed E-state index contributed by atoms with van der Waals surface area (Å²) in [5.74, 6) is -1.19. The van der Waals surface area contributed by atoms with Gasteiger partial charge in [-0.2, -0.15) is 0 Å². The highest BCUT2D eigenvalue weighted by Crippen LogP contribution is 2.26. The van der Waals surface area contributed by atoms with Gasteiger partial charge < -0.3 is 5.73 Å². The molecule has 3 N–H and O–H groups in total. The minimum Gasteiger partial charge on any atom is -0.323 e. The zero-order valence-corrected chi connectivity index (χ0v) is 12.7. The van der Waals surface area contributed by atoms with Crippen LogP contribution in [0.3, 0.4) is 0 Å². The molecule has 0 aliphatic carbocycles. The first kappa shape index (κ1) is 17.0. The average molecular weight is 339 g/mol. The summed E-state index contributed by atoms with van der Waals surface area (Å²) >= 11 is 0. The van der Waals surface area contributed by atoms with Crippen molar-refractivity contribution in [3.63, 3.8) is 0 Å². The quantitative estimate of drug-likeness (QED) is 0.614. The Labute approximate surface area is 132 Å². The fraction of sp³-hybridized carbons (Fsp3) is 0.143. The second-order valence-electron chi connectivity index (χ2n) is 4.71. The molecular weight excluding hydrogens is 325 g/mol. The maximum Gasteiger partial charge on any atom is 0.292 e. The van der Waals surface area contributed by atoms with E-state index in [1.807, 2.05) is 0 Å². The molecule has 0 unspecified atom stereocenters. The number of hydrogen-bond acceptors (Lipinski definition) is 5. The Bertz CT molecular complexity index is 812. The fourth-order valence-corrected chi connectivity index (χ4v) is 3.28. The van der Waals surface area contributed by atoms with E-state index in [9.17, 15) is 22.9 Å². The van der Waals surface area contributed by atoms with Crippen molar-refractivity contribution in [2.75, 3.05) is 6.54 Å². The molecule has 0 heterocycles. The van der Waals surface area contributed by atoms with E-state index in [0.29, 0.717) is 5.56 Å². The van der Waals surface area contributed by atoms with Crippen molar-refractivity contribution in [1.29, 1.82) is 0 Å². The normalized spacial score (nSPS) is 12.8. The Morgan fingerprint density at radius 1 is 1.17 bits per heavy atom. The van der Waals surface area contributed by atoms with Gasteiger partial charge in [0.05, 0.1) is 4.92 Å². The Kier molecular flexibility index (Phi) is 5.04. The molecule has 0 saturated carbocycles. The van der Waals surface area contributed by atoms with Crippen LogP contribution in [0.5, 0.6) is 0 Å². The Morgan fingerprint density at radius 3 is 2.43 bits per heavy atom. The molecule has 0 saturated heterocycles. The van der Waals surface area contributed by atoms with Crippen LogP contribution in [0.25, 0.3) is 0 Å². The predicted molar refractivity (Wildman–Crippen MR) is 81.6 cm³/mol. The summed E-state index contributed by atoms with van der Waals surface area (Å²) in [5, 5.41) is 10.9. The third-order valence-corrected chi connectivity index (χ3v) is 4.62. The van der Waals surface area contributed by atoms with Crippen LogP contribution in [0.15, 0.2) is 53.4 Å². The van der Waals surface area contributed by atoms with Crippen molar-refractivity contribution in [3.05, 3.63) is 70.0 Å². The average Bonchev–Trinajstić information content (AvgIpc) is 2.53. The molecule has 122 valence electrons. The van der Waals surface area contributed by atoms with Gasteiger partial charge in [-0.25, -0.2) is 17.5 Å². The second kappa shape index (κ2) is 6.82. The van der Waals surface area contributed by atoms with Gasteiger partial charge in [0, 0.05) is 18.7 Å². The van der Waals surface area contributed by atoms with Crippen molar-refractivity contribution in [1.82, 2.24) is 4.72 Å². The van der Waals surface area contributed by atoms with Gasteiger partial charge in [-0.05, 0) is 11.6 Å². The van der Waals surface area contributed by atoms with Gasteiger partial charge in [0.2, 0.25) is 10.0 Å². The molecule has 7 nitrogen and oxygen atoms in total. The van der Waals surface area contributed by atoms with Crippen LogP contribution < -0.4 is 10.5 Å². The monoisotopic (exact) mass is 339 g/mol. The van der Waals surface area contributed by atoms with Gasteiger partial charge in [0.25, 0.3) is 5.69 Å². The summed E-state index contributed by atoms with van der Waals surface area (Å²) in [4.78, 5) is 8.96. The number of sulfonamides is 1. The lowest BCUT2D eigenvalue weighted by molar-refractivity contribution is -0.388. The summed E-state index contributed by atoms with van der Waals surface area (Å²) in [6.45, 7) is -0.224. The van der Waals surface area contributed by atoms with E-state index < -0.39 is 37.4 Å². The number of rotatable bonds is 6. The number of nitrogens with one attached hydrogen (secondary N) is 1. The zero-order valence-electron chi connectivity index (χ0n) is 11.8. The smallest absolute Gasteiger partial charge is 0.292 e. The minimum absolute atomic E-state index is 0.224. The first-order chi connectivity index (χ1) is 10.8. The molecular formula is C14H14FN3O4S. The van der Waals surface area contributed by atoms with Gasteiger partial charge in [0.1, 0.15) is 5.82 Å². The van der Waals surface area contributed by atoms with Crippen molar-refractivity contribution < 1.29 is 17.7 Å². The standard InChI is InChI=1S/C14H14FN3O4S/c15-11-7-4-8-13(18(19)20)14(11)23(21,22)17-9-12(16)10-5-2-1-3-6-10/h1-8,12,17H,9,16H2/t12-/m1/s1. The third kappa shape index (κ3) is 3.89. The number of hydrogen-bond donors (Lipinski definition) is 2.